The fourth-order valence-electron chi connectivity index (χ4n) is 1.84. The molecule has 0 radical (unpaired) electrons. The molecule has 2 nitrogen and oxygen atoms in total. The Morgan fingerprint density at radius 1 is 1.50 bits per heavy atom. The lowest BCUT2D eigenvalue weighted by Gasteiger charge is -2.26. The Balaban J connectivity index is 2.29. The van der Waals surface area contributed by atoms with Crippen LogP contribution in [0.25, 0.3) is 0 Å². The summed E-state index contributed by atoms with van der Waals surface area (Å²) in [6.45, 7) is 4.48. The molecule has 1 aliphatic rings. The molecule has 1 atom stereocenters. The van der Waals surface area contributed by atoms with Crippen LogP contribution in [0.5, 0.6) is 0 Å². The van der Waals surface area contributed by atoms with Crippen molar-refractivity contribution in [1.29, 1.82) is 0 Å². The Kier molecular flexibility index (Phi) is 3.06. The molecule has 1 heterocycles. The monoisotopic (exact) mass is 211 g/mol. The summed E-state index contributed by atoms with van der Waals surface area (Å²) in [5.41, 5.74) is 2.40. The highest BCUT2D eigenvalue weighted by Gasteiger charge is 2.19. The van der Waals surface area contributed by atoms with Gasteiger partial charge in [0.25, 0.3) is 0 Å². The van der Waals surface area contributed by atoms with E-state index >= 15 is 0 Å². The maximum Gasteiger partial charge on any atom is 0.0662 e. The normalized spacial score (nSPS) is 22.3. The number of hydrogen-bond donors (Lipinski definition) is 1. The van der Waals surface area contributed by atoms with Gasteiger partial charge in [-0.1, -0.05) is 23.7 Å². The topological polar surface area (TPSA) is 21.3 Å². The van der Waals surface area contributed by atoms with Gasteiger partial charge < -0.3 is 10.1 Å². The van der Waals surface area contributed by atoms with E-state index in [9.17, 15) is 0 Å². The standard InChI is InChI=1S/C11H14ClNO/c1-8-3-2-4-9(12)11(8)10-7-14-6-5-13-10/h2-4,10,13H,5-7H2,1H3/t10-/m1/s1. The van der Waals surface area contributed by atoms with Crippen LogP contribution in [0.15, 0.2) is 18.2 Å². The summed E-state index contributed by atoms with van der Waals surface area (Å²) in [5, 5.41) is 4.23. The average Bonchev–Trinajstić information content (AvgIpc) is 2.19. The van der Waals surface area contributed by atoms with Gasteiger partial charge in [-0.15, -0.1) is 0 Å². The van der Waals surface area contributed by atoms with Crippen molar-refractivity contribution in [1.82, 2.24) is 5.32 Å². The van der Waals surface area contributed by atoms with Gasteiger partial charge in [0.1, 0.15) is 0 Å². The lowest BCUT2D eigenvalue weighted by molar-refractivity contribution is 0.0767. The first-order chi connectivity index (χ1) is 6.79. The lowest BCUT2D eigenvalue weighted by Crippen LogP contribution is -2.35. The predicted octanol–water partition coefficient (Wildman–Crippen LogP) is 2.31. The molecule has 0 amide bonds. The molecule has 14 heavy (non-hydrogen) atoms. The quantitative estimate of drug-likeness (QED) is 0.770. The van der Waals surface area contributed by atoms with Gasteiger partial charge in [-0.05, 0) is 24.1 Å². The summed E-state index contributed by atoms with van der Waals surface area (Å²) in [5.74, 6) is 0. The van der Waals surface area contributed by atoms with Crippen molar-refractivity contribution in [3.05, 3.63) is 34.3 Å². The average molecular weight is 212 g/mol. The van der Waals surface area contributed by atoms with Crippen molar-refractivity contribution >= 4 is 11.6 Å². The number of rotatable bonds is 1. The van der Waals surface area contributed by atoms with Crippen molar-refractivity contribution in [3.63, 3.8) is 0 Å². The van der Waals surface area contributed by atoms with Gasteiger partial charge in [-0.3, -0.25) is 0 Å². The molecule has 1 aromatic carbocycles. The van der Waals surface area contributed by atoms with E-state index in [1.165, 1.54) is 11.1 Å². The van der Waals surface area contributed by atoms with Crippen LogP contribution >= 0.6 is 11.6 Å². The van der Waals surface area contributed by atoms with Crippen molar-refractivity contribution in [2.45, 2.75) is 13.0 Å². The molecule has 0 saturated carbocycles. The molecular weight excluding hydrogens is 198 g/mol. The molecule has 1 aromatic rings. The first-order valence-corrected chi connectivity index (χ1v) is 5.23. The summed E-state index contributed by atoms with van der Waals surface area (Å²) >= 11 is 6.17. The van der Waals surface area contributed by atoms with Crippen molar-refractivity contribution in [2.24, 2.45) is 0 Å². The fourth-order valence-corrected chi connectivity index (χ4v) is 2.19. The minimum Gasteiger partial charge on any atom is -0.378 e. The van der Waals surface area contributed by atoms with E-state index in [0.29, 0.717) is 6.61 Å². The van der Waals surface area contributed by atoms with Crippen LogP contribution in [0.2, 0.25) is 5.02 Å². The second-order valence-electron chi connectivity index (χ2n) is 3.55. The summed E-state index contributed by atoms with van der Waals surface area (Å²) in [4.78, 5) is 0. The van der Waals surface area contributed by atoms with Gasteiger partial charge in [0.2, 0.25) is 0 Å². The number of aryl methyl sites for hydroxylation is 1. The van der Waals surface area contributed by atoms with Crippen LogP contribution in [-0.4, -0.2) is 19.8 Å². The highest BCUT2D eigenvalue weighted by atomic mass is 35.5. The lowest BCUT2D eigenvalue weighted by atomic mass is 10.0. The maximum atomic E-state index is 6.17. The van der Waals surface area contributed by atoms with E-state index in [2.05, 4.69) is 18.3 Å². The van der Waals surface area contributed by atoms with Gasteiger partial charge in [0, 0.05) is 11.6 Å². The largest absolute Gasteiger partial charge is 0.378 e. The van der Waals surface area contributed by atoms with E-state index < -0.39 is 0 Å². The minimum atomic E-state index is 0.248. The van der Waals surface area contributed by atoms with Gasteiger partial charge in [0.15, 0.2) is 0 Å². The highest BCUT2D eigenvalue weighted by molar-refractivity contribution is 6.31. The fraction of sp³-hybridized carbons (Fsp3) is 0.455. The molecule has 0 bridgehead atoms. The Morgan fingerprint density at radius 2 is 2.36 bits per heavy atom. The summed E-state index contributed by atoms with van der Waals surface area (Å²) in [6.07, 6.45) is 0. The third kappa shape index (κ3) is 1.92. The van der Waals surface area contributed by atoms with Crippen LogP contribution < -0.4 is 5.32 Å². The van der Waals surface area contributed by atoms with Gasteiger partial charge in [-0.25, -0.2) is 0 Å². The van der Waals surface area contributed by atoms with Crippen molar-refractivity contribution in [3.8, 4) is 0 Å². The predicted molar refractivity (Wildman–Crippen MR) is 57.8 cm³/mol. The Bertz CT molecular complexity index is 301. The molecule has 3 heteroatoms. The molecule has 0 spiro atoms. The number of morpholine rings is 1. The first kappa shape index (κ1) is 9.97. The number of hydrogen-bond acceptors (Lipinski definition) is 2. The van der Waals surface area contributed by atoms with Gasteiger partial charge in [-0.2, -0.15) is 0 Å². The summed E-state index contributed by atoms with van der Waals surface area (Å²) in [7, 11) is 0. The Morgan fingerprint density at radius 3 is 3.00 bits per heavy atom. The maximum absolute atomic E-state index is 6.17. The Labute approximate surface area is 89.2 Å². The molecule has 0 aliphatic carbocycles. The van der Waals surface area contributed by atoms with Crippen LogP contribution in [0.4, 0.5) is 0 Å². The smallest absolute Gasteiger partial charge is 0.0662 e. The molecule has 2 rings (SSSR count). The van der Waals surface area contributed by atoms with E-state index in [4.69, 9.17) is 16.3 Å². The third-order valence-electron chi connectivity index (χ3n) is 2.54. The van der Waals surface area contributed by atoms with E-state index in [0.717, 1.165) is 18.2 Å². The van der Waals surface area contributed by atoms with Gasteiger partial charge in [0.05, 0.1) is 19.3 Å². The third-order valence-corrected chi connectivity index (χ3v) is 2.87. The Hall–Kier alpha value is -0.570. The molecule has 1 saturated heterocycles. The zero-order valence-corrected chi connectivity index (χ0v) is 8.97. The SMILES string of the molecule is Cc1cccc(Cl)c1[C@H]1COCCN1. The van der Waals surface area contributed by atoms with Crippen LogP contribution in [-0.2, 0) is 4.74 Å². The first-order valence-electron chi connectivity index (χ1n) is 4.85. The van der Waals surface area contributed by atoms with Gasteiger partial charge >= 0.3 is 0 Å². The summed E-state index contributed by atoms with van der Waals surface area (Å²) < 4.78 is 5.43. The van der Waals surface area contributed by atoms with E-state index in [-0.39, 0.29) is 6.04 Å². The molecule has 1 fully saturated rings. The van der Waals surface area contributed by atoms with Crippen molar-refractivity contribution < 1.29 is 4.74 Å². The molecule has 0 unspecified atom stereocenters. The highest BCUT2D eigenvalue weighted by Crippen LogP contribution is 2.27. The van der Waals surface area contributed by atoms with Crippen LogP contribution in [0.1, 0.15) is 17.2 Å². The minimum absolute atomic E-state index is 0.248. The van der Waals surface area contributed by atoms with E-state index in [1.54, 1.807) is 0 Å². The van der Waals surface area contributed by atoms with Crippen LogP contribution in [0, 0.1) is 6.92 Å². The van der Waals surface area contributed by atoms with Crippen molar-refractivity contribution in [2.75, 3.05) is 19.8 Å². The molecule has 1 aliphatic heterocycles. The number of benzene rings is 1. The second-order valence-corrected chi connectivity index (χ2v) is 3.96. The molecule has 1 N–H and O–H groups in total. The van der Waals surface area contributed by atoms with Crippen LogP contribution in [0.3, 0.4) is 0 Å². The molecular formula is C11H14ClNO. The number of nitrogens with one attached hydrogen (secondary N) is 1. The number of halogens is 1. The zero-order chi connectivity index (χ0) is 9.97. The summed E-state index contributed by atoms with van der Waals surface area (Å²) in [6, 6.07) is 6.24. The zero-order valence-electron chi connectivity index (χ0n) is 8.22. The molecule has 76 valence electrons. The molecule has 0 aromatic heterocycles. The second kappa shape index (κ2) is 4.30. The number of ether oxygens (including phenoxy) is 1. The van der Waals surface area contributed by atoms with E-state index in [1.807, 2.05) is 12.1 Å².